The number of fused-ring (bicyclic) bond motifs is 4. The van der Waals surface area contributed by atoms with Crippen LogP contribution in [0.5, 0.6) is 0 Å². The lowest BCUT2D eigenvalue weighted by molar-refractivity contribution is -0.152. The third kappa shape index (κ3) is 11.4. The quantitative estimate of drug-likeness (QED) is 0.153. The van der Waals surface area contributed by atoms with Crippen molar-refractivity contribution in [3.05, 3.63) is 70.8 Å². The van der Waals surface area contributed by atoms with E-state index in [9.17, 15) is 9.90 Å². The summed E-state index contributed by atoms with van der Waals surface area (Å²) in [5.74, 6) is 3.76. The predicted octanol–water partition coefficient (Wildman–Crippen LogP) is 15.3. The van der Waals surface area contributed by atoms with Gasteiger partial charge in [-0.2, -0.15) is 0 Å². The second-order valence-corrected chi connectivity index (χ2v) is 20.7. The van der Waals surface area contributed by atoms with Crippen LogP contribution in [0.3, 0.4) is 0 Å². The molecule has 7 atom stereocenters. The Labute approximate surface area is 349 Å². The molecule has 8 rings (SSSR count). The summed E-state index contributed by atoms with van der Waals surface area (Å²) in [4.78, 5) is 12.4. The fourth-order valence-corrected chi connectivity index (χ4v) is 11.0. The van der Waals surface area contributed by atoms with E-state index in [0.29, 0.717) is 40.8 Å². The van der Waals surface area contributed by atoms with Crippen LogP contribution in [-0.4, -0.2) is 23.8 Å². The van der Waals surface area contributed by atoms with Crippen LogP contribution < -0.4 is 0 Å². The van der Waals surface area contributed by atoms with E-state index in [4.69, 9.17) is 27.9 Å². The summed E-state index contributed by atoms with van der Waals surface area (Å²) >= 11 is 9.53. The molecule has 6 aliphatic carbocycles. The average molecular weight is 805 g/mol. The number of benzene rings is 2. The van der Waals surface area contributed by atoms with Crippen LogP contribution in [0.2, 0.25) is 0 Å². The Morgan fingerprint density at radius 2 is 1.09 bits per heavy atom. The van der Waals surface area contributed by atoms with Crippen molar-refractivity contribution in [3.8, 4) is 0 Å². The molecule has 314 valence electrons. The Balaban J connectivity index is 0.000000342. The minimum Gasteiger partial charge on any atom is -0.393 e. The van der Waals surface area contributed by atoms with Crippen molar-refractivity contribution in [3.63, 3.8) is 0 Å². The highest BCUT2D eigenvalue weighted by molar-refractivity contribution is 6.40. The zero-order valence-electron chi connectivity index (χ0n) is 36.8. The molecule has 0 saturated heterocycles. The summed E-state index contributed by atoms with van der Waals surface area (Å²) in [6.45, 7) is 23.4. The van der Waals surface area contributed by atoms with Crippen LogP contribution in [-0.2, 0) is 15.6 Å². The number of alkyl halides is 2. The Morgan fingerprint density at radius 1 is 0.673 bits per heavy atom. The number of unbranched alkanes of at least 4 members (excludes halogenated alkanes) is 6. The molecule has 6 saturated carbocycles. The van der Waals surface area contributed by atoms with E-state index in [0.717, 1.165) is 25.2 Å². The van der Waals surface area contributed by atoms with Gasteiger partial charge in [-0.1, -0.05) is 177 Å². The molecule has 3 unspecified atom stereocenters. The van der Waals surface area contributed by atoms with E-state index in [1.165, 1.54) is 92.9 Å². The van der Waals surface area contributed by atoms with E-state index >= 15 is 0 Å². The van der Waals surface area contributed by atoms with Gasteiger partial charge >= 0.3 is 0 Å². The molecule has 6 aliphatic rings. The maximum Gasteiger partial charge on any atom is 0.269 e. The first-order chi connectivity index (χ1) is 26.0. The summed E-state index contributed by atoms with van der Waals surface area (Å²) in [6.07, 6.45) is 17.1. The fraction of sp³-hybridized carbons (Fsp3) is 0.740. The lowest BCUT2D eigenvalue weighted by Crippen LogP contribution is -2.57. The third-order valence-electron chi connectivity index (χ3n) is 15.1. The van der Waals surface area contributed by atoms with E-state index < -0.39 is 0 Å². The molecular formula is C50H81Cl2FO2. The van der Waals surface area contributed by atoms with Gasteiger partial charge in [0.2, 0.25) is 0 Å². The maximum absolute atomic E-state index is 12.4. The van der Waals surface area contributed by atoms with Gasteiger partial charge in [-0.3, -0.25) is 9.51 Å². The second kappa shape index (κ2) is 21.0. The number of hydrogen-bond acceptors (Lipinski definition) is 2. The van der Waals surface area contributed by atoms with Crippen molar-refractivity contribution in [2.45, 2.75) is 195 Å². The van der Waals surface area contributed by atoms with Gasteiger partial charge in [0.05, 0.1) is 11.4 Å². The molecule has 1 N–H and O–H groups in total. The minimum absolute atomic E-state index is 0. The van der Waals surface area contributed by atoms with E-state index in [-0.39, 0.29) is 35.1 Å². The van der Waals surface area contributed by atoms with Crippen LogP contribution in [0, 0.1) is 34.5 Å². The van der Waals surface area contributed by atoms with Gasteiger partial charge < -0.3 is 5.11 Å². The van der Waals surface area contributed by atoms with Crippen molar-refractivity contribution >= 4 is 29.0 Å². The van der Waals surface area contributed by atoms with Gasteiger partial charge in [0.1, 0.15) is 5.78 Å². The van der Waals surface area contributed by atoms with Gasteiger partial charge in [0.25, 0.3) is 1.45 Å². The van der Waals surface area contributed by atoms with E-state index in [2.05, 4.69) is 119 Å². The number of Topliss-reactive ketones (excluding diaryl/α,β-unsaturated/α-hetero) is 1. The van der Waals surface area contributed by atoms with Crippen LogP contribution in [0.1, 0.15) is 201 Å². The number of hydrogen-bond donors (Lipinski definition) is 1. The zero-order valence-corrected chi connectivity index (χ0v) is 37.3. The van der Waals surface area contributed by atoms with Crippen molar-refractivity contribution in [2.75, 3.05) is 5.34 Å². The highest BCUT2D eigenvalue weighted by atomic mass is 35.5. The van der Waals surface area contributed by atoms with Crippen LogP contribution >= 0.6 is 23.2 Å². The molecule has 0 aliphatic heterocycles. The van der Waals surface area contributed by atoms with Gasteiger partial charge in [-0.25, -0.2) is 0 Å². The van der Waals surface area contributed by atoms with Gasteiger partial charge in [-0.05, 0) is 106 Å². The summed E-state index contributed by atoms with van der Waals surface area (Å²) in [7, 11) is 0. The number of carbonyl (C=O) groups is 1. The van der Waals surface area contributed by atoms with Crippen molar-refractivity contribution in [2.24, 2.45) is 34.5 Å². The number of aliphatic hydroxyl groups excluding tert-OH is 1. The molecule has 2 aromatic rings. The topological polar surface area (TPSA) is 37.3 Å². The first kappa shape index (κ1) is 48.0. The van der Waals surface area contributed by atoms with Crippen molar-refractivity contribution in [1.82, 2.24) is 0 Å². The monoisotopic (exact) mass is 804 g/mol. The molecule has 5 heteroatoms. The SMILES string of the molecule is C.CCCCCCC(C)(C)c1ccc(C2CC(=O)[C@H]3C[C@@H]2C3(C)C)cc1.CCCCCCC(C)(C)c1ccc(C2CC(O)[C@H]3C[C@@H]2C3(C)C)cc1.ClCCl.[2H]F. The molecule has 0 radical (unpaired) electrons. The van der Waals surface area contributed by atoms with Gasteiger partial charge in [-0.15, -0.1) is 23.2 Å². The predicted molar refractivity (Wildman–Crippen MR) is 239 cm³/mol. The first-order valence-corrected chi connectivity index (χ1v) is 22.6. The molecule has 0 aromatic heterocycles. The lowest BCUT2D eigenvalue weighted by Gasteiger charge is -2.62. The van der Waals surface area contributed by atoms with Crippen LogP contribution in [0.25, 0.3) is 0 Å². The maximum atomic E-state index is 12.4. The molecular weight excluding hydrogens is 722 g/mol. The molecule has 55 heavy (non-hydrogen) atoms. The Morgan fingerprint density at radius 3 is 1.45 bits per heavy atom. The van der Waals surface area contributed by atoms with E-state index in [1.807, 2.05) is 0 Å². The number of halogens is 3. The van der Waals surface area contributed by atoms with Crippen molar-refractivity contribution in [1.29, 1.82) is 1.45 Å². The molecule has 0 spiro atoms. The summed E-state index contributed by atoms with van der Waals surface area (Å²) in [5, 5.41) is 10.7. The van der Waals surface area contributed by atoms with Crippen LogP contribution in [0.15, 0.2) is 48.5 Å². The first-order valence-electron chi connectivity index (χ1n) is 21.9. The molecule has 2 aromatic carbocycles. The summed E-state index contributed by atoms with van der Waals surface area (Å²) < 4.78 is 13.0. The van der Waals surface area contributed by atoms with Gasteiger partial charge in [0, 0.05) is 12.3 Å². The standard InChI is InChI=1S/C24H38O.C24H36O.CH2Cl2.CH4.FH/c2*1-6-7-8-9-14-23(2,3)18-12-10-17(11-13-18)19-15-22(25)21-16-20(19)24(21,4)5;2-1-3;;/h10-13,19-22,25H,6-9,14-16H2,1-5H3;10-13,19-21H,6-9,14-16H2,1-5H3;1H2;1H4;1H/t19?,20-,21+,22?;19?,20-,21+;;;/m00.../s1/i/hD. The largest absolute Gasteiger partial charge is 0.393 e. The molecule has 2 nitrogen and oxygen atoms in total. The van der Waals surface area contributed by atoms with Crippen LogP contribution in [0.4, 0.5) is 4.72 Å². The number of carbonyl (C=O) groups excluding carboxylic acids is 1. The summed E-state index contributed by atoms with van der Waals surface area (Å²) in [6, 6.07) is 18.7. The fourth-order valence-electron chi connectivity index (χ4n) is 11.0. The second-order valence-electron chi connectivity index (χ2n) is 19.9. The summed E-state index contributed by atoms with van der Waals surface area (Å²) in [5.41, 5.74) is 6.76. The highest BCUT2D eigenvalue weighted by Crippen LogP contribution is 2.64. The molecule has 0 amide bonds. The number of aliphatic hydroxyl groups is 1. The number of ketones is 1. The zero-order chi connectivity index (χ0) is 41.2. The minimum atomic E-state index is -0.111. The molecule has 0 heterocycles. The Bertz CT molecular complexity index is 1440. The Kier molecular flexibility index (Phi) is 18.3. The van der Waals surface area contributed by atoms with Gasteiger partial charge in [0.15, 0.2) is 0 Å². The highest BCUT2D eigenvalue weighted by Gasteiger charge is 2.59. The normalized spacial score (nSPS) is 27.1. The molecule has 6 fully saturated rings. The molecule has 4 bridgehead atoms. The number of rotatable bonds is 14. The Hall–Kier alpha value is -1.42. The van der Waals surface area contributed by atoms with Crippen molar-refractivity contribution < 1.29 is 14.6 Å². The smallest absolute Gasteiger partial charge is 0.269 e. The average Bonchev–Trinajstić information content (AvgIpc) is 3.16. The van der Waals surface area contributed by atoms with E-state index in [1.54, 1.807) is 0 Å². The lowest BCUT2D eigenvalue weighted by atomic mass is 9.44. The third-order valence-corrected chi connectivity index (χ3v) is 15.1.